The maximum absolute atomic E-state index is 13.2. The third-order valence-electron chi connectivity index (χ3n) is 4.82. The highest BCUT2D eigenvalue weighted by molar-refractivity contribution is 7.90. The molecule has 2 aromatic carbocycles. The van der Waals surface area contributed by atoms with Crippen LogP contribution in [0.3, 0.4) is 0 Å². The van der Waals surface area contributed by atoms with Crippen LogP contribution in [-0.4, -0.2) is 18.7 Å². The van der Waals surface area contributed by atoms with Gasteiger partial charge >= 0.3 is 0 Å². The monoisotopic (exact) mass is 385 g/mol. The molecule has 1 heterocycles. The van der Waals surface area contributed by atoms with Crippen LogP contribution in [0.15, 0.2) is 51.9 Å². The number of aliphatic hydroxyl groups is 1. The highest BCUT2D eigenvalue weighted by Gasteiger charge is 2.24. The van der Waals surface area contributed by atoms with Crippen molar-refractivity contribution in [2.45, 2.75) is 44.4 Å². The molecular weight excluding hydrogens is 362 g/mol. The standard InChI is InChI=1S/C21H23NO4S/c1-4-17-11-16(12-23)9-10-18(17)19-7-5-6-8-21(19)27(24,25)13-20-14(2)15(3)22-26-20/h5-11,23H,4,12-13H2,1-3H3. The van der Waals surface area contributed by atoms with Crippen LogP contribution >= 0.6 is 0 Å². The minimum Gasteiger partial charge on any atom is -0.392 e. The molecule has 0 unspecified atom stereocenters. The van der Waals surface area contributed by atoms with Gasteiger partial charge in [0.15, 0.2) is 15.6 Å². The molecule has 1 aromatic heterocycles. The number of benzene rings is 2. The largest absolute Gasteiger partial charge is 0.392 e. The quantitative estimate of drug-likeness (QED) is 0.694. The number of sulfone groups is 1. The van der Waals surface area contributed by atoms with Crippen LogP contribution in [0.25, 0.3) is 11.1 Å². The first-order valence-corrected chi connectivity index (χ1v) is 10.5. The first-order valence-electron chi connectivity index (χ1n) is 8.84. The molecule has 0 aliphatic heterocycles. The molecule has 0 spiro atoms. The van der Waals surface area contributed by atoms with Crippen molar-refractivity contribution >= 4 is 9.84 Å². The van der Waals surface area contributed by atoms with Gasteiger partial charge in [-0.3, -0.25) is 0 Å². The molecule has 0 saturated heterocycles. The lowest BCUT2D eigenvalue weighted by Crippen LogP contribution is -2.07. The number of nitrogens with zero attached hydrogens (tertiary/aromatic N) is 1. The lowest BCUT2D eigenvalue weighted by molar-refractivity contribution is 0.282. The molecule has 0 amide bonds. The van der Waals surface area contributed by atoms with Gasteiger partial charge in [-0.05, 0) is 43.0 Å². The Kier molecular flexibility index (Phi) is 5.48. The second kappa shape index (κ2) is 7.66. The summed E-state index contributed by atoms with van der Waals surface area (Å²) >= 11 is 0. The summed E-state index contributed by atoms with van der Waals surface area (Å²) < 4.78 is 31.5. The summed E-state index contributed by atoms with van der Waals surface area (Å²) in [7, 11) is -3.63. The highest BCUT2D eigenvalue weighted by atomic mass is 32.2. The summed E-state index contributed by atoms with van der Waals surface area (Å²) in [5.41, 5.74) is 4.78. The minimum atomic E-state index is -3.63. The Bertz CT molecular complexity index is 1070. The van der Waals surface area contributed by atoms with E-state index in [0.717, 1.165) is 28.7 Å². The maximum atomic E-state index is 13.2. The van der Waals surface area contributed by atoms with Gasteiger partial charge in [0.1, 0.15) is 5.75 Å². The van der Waals surface area contributed by atoms with E-state index in [1.807, 2.05) is 44.2 Å². The molecule has 0 aliphatic carbocycles. The van der Waals surface area contributed by atoms with Gasteiger partial charge in [0.2, 0.25) is 0 Å². The fraction of sp³-hybridized carbons (Fsp3) is 0.286. The Morgan fingerprint density at radius 3 is 2.44 bits per heavy atom. The Balaban J connectivity index is 2.10. The van der Waals surface area contributed by atoms with Crippen LogP contribution in [0.1, 0.15) is 35.1 Å². The number of aromatic nitrogens is 1. The molecule has 0 bridgehead atoms. The summed E-state index contributed by atoms with van der Waals surface area (Å²) in [6.45, 7) is 5.57. The summed E-state index contributed by atoms with van der Waals surface area (Å²) in [5, 5.41) is 13.2. The number of hydrogen-bond acceptors (Lipinski definition) is 5. The second-order valence-electron chi connectivity index (χ2n) is 6.57. The molecule has 3 aromatic rings. The SMILES string of the molecule is CCc1cc(CO)ccc1-c1ccccc1S(=O)(=O)Cc1onc(C)c1C. The lowest BCUT2D eigenvalue weighted by atomic mass is 9.96. The van der Waals surface area contributed by atoms with Crippen LogP contribution in [0.5, 0.6) is 0 Å². The lowest BCUT2D eigenvalue weighted by Gasteiger charge is -2.14. The molecule has 1 N–H and O–H groups in total. The van der Waals surface area contributed by atoms with E-state index in [-0.39, 0.29) is 17.3 Å². The van der Waals surface area contributed by atoms with E-state index < -0.39 is 9.84 Å². The number of hydrogen-bond donors (Lipinski definition) is 1. The molecule has 3 rings (SSSR count). The molecule has 0 aliphatic rings. The molecule has 0 fully saturated rings. The van der Waals surface area contributed by atoms with Gasteiger partial charge in [0, 0.05) is 11.1 Å². The predicted molar refractivity (Wildman–Crippen MR) is 104 cm³/mol. The minimum absolute atomic E-state index is 0.0443. The Morgan fingerprint density at radius 1 is 1.07 bits per heavy atom. The maximum Gasteiger partial charge on any atom is 0.186 e. The van der Waals surface area contributed by atoms with Crippen molar-refractivity contribution in [2.24, 2.45) is 0 Å². The smallest absolute Gasteiger partial charge is 0.186 e. The fourth-order valence-electron chi connectivity index (χ4n) is 3.11. The van der Waals surface area contributed by atoms with Gasteiger partial charge in [-0.15, -0.1) is 0 Å². The molecule has 5 nitrogen and oxygen atoms in total. The van der Waals surface area contributed by atoms with Gasteiger partial charge in [-0.25, -0.2) is 8.42 Å². The van der Waals surface area contributed by atoms with Crippen molar-refractivity contribution in [1.82, 2.24) is 5.16 Å². The van der Waals surface area contributed by atoms with Crippen LogP contribution < -0.4 is 0 Å². The summed E-state index contributed by atoms with van der Waals surface area (Å²) in [6.07, 6.45) is 0.734. The summed E-state index contributed by atoms with van der Waals surface area (Å²) in [6, 6.07) is 12.6. The topological polar surface area (TPSA) is 80.4 Å². The molecule has 27 heavy (non-hydrogen) atoms. The molecule has 0 saturated carbocycles. The number of aliphatic hydroxyl groups excluding tert-OH is 1. The highest BCUT2D eigenvalue weighted by Crippen LogP contribution is 2.33. The van der Waals surface area contributed by atoms with Crippen molar-refractivity contribution in [2.75, 3.05) is 0 Å². The van der Waals surface area contributed by atoms with Gasteiger partial charge in [0.05, 0.1) is 17.2 Å². The fourth-order valence-corrected chi connectivity index (χ4v) is 4.68. The summed E-state index contributed by atoms with van der Waals surface area (Å²) in [4.78, 5) is 0.268. The third-order valence-corrected chi connectivity index (χ3v) is 6.49. The first kappa shape index (κ1) is 19.3. The average Bonchev–Trinajstić information content (AvgIpc) is 2.99. The number of aryl methyl sites for hydroxylation is 2. The van der Waals surface area contributed by atoms with E-state index >= 15 is 0 Å². The molecule has 0 atom stereocenters. The van der Waals surface area contributed by atoms with Crippen molar-refractivity contribution in [3.05, 3.63) is 70.6 Å². The third kappa shape index (κ3) is 3.82. The molecular formula is C21H23NO4S. The molecule has 0 radical (unpaired) electrons. The van der Waals surface area contributed by atoms with Crippen LogP contribution in [0, 0.1) is 13.8 Å². The van der Waals surface area contributed by atoms with E-state index in [9.17, 15) is 13.5 Å². The Morgan fingerprint density at radius 2 is 1.81 bits per heavy atom. The number of rotatable bonds is 6. The van der Waals surface area contributed by atoms with E-state index in [2.05, 4.69) is 5.16 Å². The average molecular weight is 385 g/mol. The van der Waals surface area contributed by atoms with E-state index in [1.165, 1.54) is 0 Å². The van der Waals surface area contributed by atoms with Crippen molar-refractivity contribution in [3.8, 4) is 11.1 Å². The predicted octanol–water partition coefficient (Wildman–Crippen LogP) is 3.99. The zero-order valence-electron chi connectivity index (χ0n) is 15.7. The van der Waals surface area contributed by atoms with Gasteiger partial charge in [0.25, 0.3) is 0 Å². The van der Waals surface area contributed by atoms with Crippen molar-refractivity contribution < 1.29 is 18.0 Å². The van der Waals surface area contributed by atoms with Gasteiger partial charge in [-0.2, -0.15) is 0 Å². The van der Waals surface area contributed by atoms with Gasteiger partial charge < -0.3 is 9.63 Å². The van der Waals surface area contributed by atoms with E-state index in [0.29, 0.717) is 17.0 Å². The first-order chi connectivity index (χ1) is 12.9. The van der Waals surface area contributed by atoms with Crippen molar-refractivity contribution in [1.29, 1.82) is 0 Å². The van der Waals surface area contributed by atoms with E-state index in [4.69, 9.17) is 4.52 Å². The van der Waals surface area contributed by atoms with Crippen LogP contribution in [-0.2, 0) is 28.6 Å². The summed E-state index contributed by atoms with van der Waals surface area (Å²) in [5.74, 6) is 0.140. The van der Waals surface area contributed by atoms with Crippen molar-refractivity contribution in [3.63, 3.8) is 0 Å². The molecule has 142 valence electrons. The van der Waals surface area contributed by atoms with Gasteiger partial charge in [-0.1, -0.05) is 48.5 Å². The molecule has 6 heteroatoms. The Hall–Kier alpha value is -2.44. The second-order valence-corrected chi connectivity index (χ2v) is 8.53. The Labute approximate surface area is 159 Å². The van der Waals surface area contributed by atoms with Crippen LogP contribution in [0.2, 0.25) is 0 Å². The van der Waals surface area contributed by atoms with E-state index in [1.54, 1.807) is 19.1 Å². The normalized spacial score (nSPS) is 11.7. The van der Waals surface area contributed by atoms with Crippen LogP contribution in [0.4, 0.5) is 0 Å². The zero-order chi connectivity index (χ0) is 19.6. The zero-order valence-corrected chi connectivity index (χ0v) is 16.5.